The van der Waals surface area contributed by atoms with E-state index in [4.69, 9.17) is 21.1 Å². The van der Waals surface area contributed by atoms with Crippen molar-refractivity contribution < 1.29 is 14.3 Å². The maximum absolute atomic E-state index is 11.9. The highest BCUT2D eigenvalue weighted by Crippen LogP contribution is 2.21. The van der Waals surface area contributed by atoms with Crippen LogP contribution in [0.3, 0.4) is 0 Å². The second-order valence-electron chi connectivity index (χ2n) is 5.98. The average Bonchev–Trinajstić information content (AvgIpc) is 2.55. The number of halogens is 1. The molecule has 0 aromatic heterocycles. The summed E-state index contributed by atoms with van der Waals surface area (Å²) in [5, 5.41) is 3.46. The van der Waals surface area contributed by atoms with E-state index in [2.05, 4.69) is 19.2 Å². The molecule has 0 saturated heterocycles. The van der Waals surface area contributed by atoms with Gasteiger partial charge in [-0.3, -0.25) is 4.79 Å². The Kier molecular flexibility index (Phi) is 6.50. The third-order valence-electron chi connectivity index (χ3n) is 3.22. The van der Waals surface area contributed by atoms with E-state index in [-0.39, 0.29) is 12.5 Å². The van der Waals surface area contributed by atoms with Crippen LogP contribution < -0.4 is 14.8 Å². The number of aryl methyl sites for hydroxylation is 1. The largest absolute Gasteiger partial charge is 0.493 e. The standard InChI is InChI=1S/C19H22ClNO3/c1-13(2)11-23-16-6-4-15(5-7-16)21-19(22)12-24-17-8-9-18(20)14(3)10-17/h4-10,13H,11-12H2,1-3H3,(H,21,22). The van der Waals surface area contributed by atoms with Gasteiger partial charge in [0.25, 0.3) is 5.91 Å². The zero-order valence-corrected chi connectivity index (χ0v) is 14.9. The van der Waals surface area contributed by atoms with Crippen molar-refractivity contribution in [1.82, 2.24) is 0 Å². The van der Waals surface area contributed by atoms with Gasteiger partial charge >= 0.3 is 0 Å². The predicted molar refractivity (Wildman–Crippen MR) is 97.1 cm³/mol. The van der Waals surface area contributed by atoms with Crippen LogP contribution >= 0.6 is 11.6 Å². The van der Waals surface area contributed by atoms with Crippen LogP contribution in [0.25, 0.3) is 0 Å². The normalized spacial score (nSPS) is 10.5. The molecule has 128 valence electrons. The highest BCUT2D eigenvalue weighted by atomic mass is 35.5. The molecule has 0 atom stereocenters. The maximum atomic E-state index is 11.9. The Morgan fingerprint density at radius 1 is 1.08 bits per heavy atom. The van der Waals surface area contributed by atoms with Gasteiger partial charge in [-0.05, 0) is 60.9 Å². The van der Waals surface area contributed by atoms with E-state index in [1.54, 1.807) is 30.3 Å². The number of carbonyl (C=O) groups excluding carboxylic acids is 1. The lowest BCUT2D eigenvalue weighted by Crippen LogP contribution is -2.20. The number of benzene rings is 2. The Bertz CT molecular complexity index is 684. The van der Waals surface area contributed by atoms with E-state index in [0.29, 0.717) is 29.0 Å². The fourth-order valence-corrected chi connectivity index (χ4v) is 2.07. The van der Waals surface area contributed by atoms with Gasteiger partial charge in [0.1, 0.15) is 11.5 Å². The van der Waals surface area contributed by atoms with E-state index in [1.165, 1.54) is 0 Å². The summed E-state index contributed by atoms with van der Waals surface area (Å²) in [6, 6.07) is 12.6. The molecule has 24 heavy (non-hydrogen) atoms. The van der Waals surface area contributed by atoms with E-state index in [0.717, 1.165) is 11.3 Å². The van der Waals surface area contributed by atoms with Crippen LogP contribution in [-0.2, 0) is 4.79 Å². The molecule has 5 heteroatoms. The zero-order valence-electron chi connectivity index (χ0n) is 14.1. The van der Waals surface area contributed by atoms with Crippen molar-refractivity contribution >= 4 is 23.2 Å². The maximum Gasteiger partial charge on any atom is 0.262 e. The Hall–Kier alpha value is -2.20. The first-order valence-corrected chi connectivity index (χ1v) is 8.23. The molecule has 2 rings (SSSR count). The van der Waals surface area contributed by atoms with Crippen LogP contribution in [-0.4, -0.2) is 19.1 Å². The van der Waals surface area contributed by atoms with Gasteiger partial charge in [-0.1, -0.05) is 25.4 Å². The topological polar surface area (TPSA) is 47.6 Å². The number of carbonyl (C=O) groups is 1. The van der Waals surface area contributed by atoms with Gasteiger partial charge in [0.15, 0.2) is 6.61 Å². The molecule has 0 aliphatic rings. The smallest absolute Gasteiger partial charge is 0.262 e. The van der Waals surface area contributed by atoms with Gasteiger partial charge in [-0.25, -0.2) is 0 Å². The van der Waals surface area contributed by atoms with Gasteiger partial charge < -0.3 is 14.8 Å². The molecule has 0 fully saturated rings. The van der Waals surface area contributed by atoms with E-state index in [1.807, 2.05) is 19.1 Å². The number of rotatable bonds is 7. The number of anilines is 1. The Labute approximate surface area is 147 Å². The minimum Gasteiger partial charge on any atom is -0.493 e. The third kappa shape index (κ3) is 5.78. The second kappa shape index (κ2) is 8.60. The van der Waals surface area contributed by atoms with Crippen LogP contribution in [0, 0.1) is 12.8 Å². The van der Waals surface area contributed by atoms with Gasteiger partial charge in [0.2, 0.25) is 0 Å². The summed E-state index contributed by atoms with van der Waals surface area (Å²) in [5.74, 6) is 1.65. The minimum atomic E-state index is -0.224. The summed E-state index contributed by atoms with van der Waals surface area (Å²) in [5.41, 5.74) is 1.61. The fraction of sp³-hybridized carbons (Fsp3) is 0.316. The molecular formula is C19H22ClNO3. The summed E-state index contributed by atoms with van der Waals surface area (Å²) in [6.45, 7) is 6.68. The Morgan fingerprint density at radius 2 is 1.75 bits per heavy atom. The molecule has 1 N–H and O–H groups in total. The summed E-state index contributed by atoms with van der Waals surface area (Å²) in [4.78, 5) is 11.9. The lowest BCUT2D eigenvalue weighted by molar-refractivity contribution is -0.118. The molecule has 0 aliphatic heterocycles. The van der Waals surface area contributed by atoms with Gasteiger partial charge in [-0.15, -0.1) is 0 Å². The zero-order chi connectivity index (χ0) is 17.5. The van der Waals surface area contributed by atoms with Crippen LogP contribution in [0.5, 0.6) is 11.5 Å². The number of hydrogen-bond acceptors (Lipinski definition) is 3. The van der Waals surface area contributed by atoms with Crippen molar-refractivity contribution in [2.24, 2.45) is 5.92 Å². The van der Waals surface area contributed by atoms with Crippen molar-refractivity contribution in [3.63, 3.8) is 0 Å². The molecule has 0 radical (unpaired) electrons. The van der Waals surface area contributed by atoms with E-state index in [9.17, 15) is 4.79 Å². The van der Waals surface area contributed by atoms with Crippen molar-refractivity contribution in [3.05, 3.63) is 53.1 Å². The molecular weight excluding hydrogens is 326 g/mol. The quantitative estimate of drug-likeness (QED) is 0.789. The van der Waals surface area contributed by atoms with Crippen molar-refractivity contribution in [2.75, 3.05) is 18.5 Å². The molecule has 0 unspecified atom stereocenters. The number of amides is 1. The molecule has 1 amide bonds. The predicted octanol–water partition coefficient (Wildman–Crippen LogP) is 4.70. The fourth-order valence-electron chi connectivity index (χ4n) is 1.95. The average molecular weight is 348 g/mol. The molecule has 2 aromatic rings. The van der Waals surface area contributed by atoms with Gasteiger partial charge in [-0.2, -0.15) is 0 Å². The summed E-state index contributed by atoms with van der Waals surface area (Å²) in [7, 11) is 0. The van der Waals surface area contributed by atoms with Crippen LogP contribution in [0.2, 0.25) is 5.02 Å². The Balaban J connectivity index is 1.82. The number of hydrogen-bond donors (Lipinski definition) is 1. The van der Waals surface area contributed by atoms with Gasteiger partial charge in [0.05, 0.1) is 6.61 Å². The van der Waals surface area contributed by atoms with Crippen LogP contribution in [0.4, 0.5) is 5.69 Å². The first-order valence-electron chi connectivity index (χ1n) is 7.85. The summed E-state index contributed by atoms with van der Waals surface area (Å²) < 4.78 is 11.1. The molecule has 0 heterocycles. The molecule has 4 nitrogen and oxygen atoms in total. The molecule has 0 spiro atoms. The molecule has 0 aliphatic carbocycles. The molecule has 2 aromatic carbocycles. The first-order chi connectivity index (χ1) is 11.4. The van der Waals surface area contributed by atoms with Crippen molar-refractivity contribution in [3.8, 4) is 11.5 Å². The molecule has 0 bridgehead atoms. The van der Waals surface area contributed by atoms with Gasteiger partial charge in [0, 0.05) is 10.7 Å². The SMILES string of the molecule is Cc1cc(OCC(=O)Nc2ccc(OCC(C)C)cc2)ccc1Cl. The lowest BCUT2D eigenvalue weighted by Gasteiger charge is -2.10. The third-order valence-corrected chi connectivity index (χ3v) is 3.64. The lowest BCUT2D eigenvalue weighted by atomic mass is 10.2. The van der Waals surface area contributed by atoms with Crippen molar-refractivity contribution in [1.29, 1.82) is 0 Å². The van der Waals surface area contributed by atoms with E-state index >= 15 is 0 Å². The first kappa shape index (κ1) is 18.1. The van der Waals surface area contributed by atoms with E-state index < -0.39 is 0 Å². The Morgan fingerprint density at radius 3 is 2.38 bits per heavy atom. The molecule has 0 saturated carbocycles. The van der Waals surface area contributed by atoms with Crippen LogP contribution in [0.1, 0.15) is 19.4 Å². The highest BCUT2D eigenvalue weighted by Gasteiger charge is 2.05. The second-order valence-corrected chi connectivity index (χ2v) is 6.38. The van der Waals surface area contributed by atoms with Crippen LogP contribution in [0.15, 0.2) is 42.5 Å². The summed E-state index contributed by atoms with van der Waals surface area (Å²) in [6.07, 6.45) is 0. The monoisotopic (exact) mass is 347 g/mol. The number of nitrogens with one attached hydrogen (secondary N) is 1. The summed E-state index contributed by atoms with van der Waals surface area (Å²) >= 11 is 5.96. The van der Waals surface area contributed by atoms with Crippen molar-refractivity contribution in [2.45, 2.75) is 20.8 Å². The minimum absolute atomic E-state index is 0.0628. The highest BCUT2D eigenvalue weighted by molar-refractivity contribution is 6.31. The number of ether oxygens (including phenoxy) is 2.